The van der Waals surface area contributed by atoms with Crippen molar-refractivity contribution in [3.05, 3.63) is 59.9 Å². The van der Waals surface area contributed by atoms with Gasteiger partial charge in [-0.15, -0.1) is 0 Å². The Kier molecular flexibility index (Phi) is 7.01. The maximum atomic E-state index is 13.9. The fourth-order valence-electron chi connectivity index (χ4n) is 2.19. The lowest BCUT2D eigenvalue weighted by Crippen LogP contribution is -2.37. The van der Waals surface area contributed by atoms with Crippen molar-refractivity contribution in [2.45, 2.75) is 4.90 Å². The second-order valence-corrected chi connectivity index (χ2v) is 7.16. The molecule has 0 aliphatic rings. The van der Waals surface area contributed by atoms with E-state index in [0.717, 1.165) is 16.4 Å². The molecule has 0 bridgehead atoms. The molecule has 0 fully saturated rings. The van der Waals surface area contributed by atoms with Crippen molar-refractivity contribution in [1.29, 1.82) is 0 Å². The molecule has 0 atom stereocenters. The molecule has 0 saturated heterocycles. The minimum Gasteiger partial charge on any atom is -0.489 e. The summed E-state index contributed by atoms with van der Waals surface area (Å²) in [5.74, 6) is -2.68. The Morgan fingerprint density at radius 1 is 0.962 bits per heavy atom. The van der Waals surface area contributed by atoms with Gasteiger partial charge in [-0.05, 0) is 24.3 Å². The lowest BCUT2D eigenvalue weighted by molar-refractivity contribution is 0.170. The maximum Gasteiger partial charge on any atom is 0.246 e. The number of ether oxygens (including phenoxy) is 2. The van der Waals surface area contributed by atoms with E-state index in [2.05, 4.69) is 0 Å². The van der Waals surface area contributed by atoms with E-state index in [0.29, 0.717) is 6.07 Å². The van der Waals surface area contributed by atoms with Crippen molar-refractivity contribution in [2.24, 2.45) is 0 Å². The molecule has 0 aliphatic carbocycles. The first kappa shape index (κ1) is 20.2. The van der Waals surface area contributed by atoms with Gasteiger partial charge in [0.25, 0.3) is 0 Å². The monoisotopic (exact) mass is 389 g/mol. The van der Waals surface area contributed by atoms with E-state index in [1.54, 1.807) is 6.07 Å². The highest BCUT2D eigenvalue weighted by atomic mass is 32.2. The summed E-state index contributed by atoms with van der Waals surface area (Å²) in [7, 11) is -2.86. The Morgan fingerprint density at radius 2 is 1.65 bits per heavy atom. The summed E-state index contributed by atoms with van der Waals surface area (Å²) in [6.45, 7) is -0.346. The quantitative estimate of drug-likeness (QED) is 0.662. The van der Waals surface area contributed by atoms with Crippen molar-refractivity contribution in [1.82, 2.24) is 4.31 Å². The Hall–Kier alpha value is -2.10. The highest BCUT2D eigenvalue weighted by Gasteiger charge is 2.27. The minimum absolute atomic E-state index is 0.0236. The number of sulfonamides is 1. The van der Waals surface area contributed by atoms with Crippen molar-refractivity contribution >= 4 is 10.0 Å². The highest BCUT2D eigenvalue weighted by molar-refractivity contribution is 7.89. The summed E-state index contributed by atoms with van der Waals surface area (Å²) in [6, 6.07) is 7.90. The number of benzene rings is 2. The van der Waals surface area contributed by atoms with Crippen LogP contribution in [0.2, 0.25) is 0 Å². The highest BCUT2D eigenvalue weighted by Crippen LogP contribution is 2.21. The number of nitrogens with zero attached hydrogens (tertiary/aromatic N) is 1. The van der Waals surface area contributed by atoms with E-state index >= 15 is 0 Å². The van der Waals surface area contributed by atoms with Crippen molar-refractivity contribution in [3.63, 3.8) is 0 Å². The van der Waals surface area contributed by atoms with Gasteiger partial charge in [-0.3, -0.25) is 0 Å². The van der Waals surface area contributed by atoms with E-state index in [-0.39, 0.29) is 32.1 Å². The van der Waals surface area contributed by atoms with Gasteiger partial charge in [0.2, 0.25) is 10.0 Å². The molecular formula is C17H18F3NO4S. The fourth-order valence-corrected chi connectivity index (χ4v) is 3.64. The predicted octanol–water partition coefficient (Wildman–Crippen LogP) is 2.82. The van der Waals surface area contributed by atoms with Gasteiger partial charge in [0.15, 0.2) is 11.6 Å². The number of halogens is 3. The van der Waals surface area contributed by atoms with E-state index < -0.39 is 32.4 Å². The molecule has 26 heavy (non-hydrogen) atoms. The van der Waals surface area contributed by atoms with E-state index in [1.807, 2.05) is 0 Å². The van der Waals surface area contributed by atoms with Crippen LogP contribution >= 0.6 is 0 Å². The van der Waals surface area contributed by atoms with Gasteiger partial charge < -0.3 is 9.47 Å². The molecule has 0 radical (unpaired) electrons. The van der Waals surface area contributed by atoms with Gasteiger partial charge in [-0.25, -0.2) is 21.6 Å². The molecule has 0 aromatic heterocycles. The van der Waals surface area contributed by atoms with Crippen LogP contribution in [0.3, 0.4) is 0 Å². The first-order chi connectivity index (χ1) is 12.4. The van der Waals surface area contributed by atoms with Crippen LogP contribution < -0.4 is 4.74 Å². The minimum atomic E-state index is -4.25. The SMILES string of the molecule is COCCN(CCOc1ccccc1F)S(=O)(=O)c1ccc(F)cc1F. The molecule has 2 rings (SSSR count). The molecule has 0 unspecified atom stereocenters. The molecule has 5 nitrogen and oxygen atoms in total. The molecule has 0 saturated carbocycles. The summed E-state index contributed by atoms with van der Waals surface area (Å²) in [5, 5.41) is 0. The summed E-state index contributed by atoms with van der Waals surface area (Å²) in [4.78, 5) is -0.652. The normalized spacial score (nSPS) is 11.7. The van der Waals surface area contributed by atoms with Crippen LogP contribution in [0.15, 0.2) is 47.4 Å². The van der Waals surface area contributed by atoms with Crippen molar-refractivity contribution in [3.8, 4) is 5.75 Å². The van der Waals surface area contributed by atoms with E-state index in [1.165, 1.54) is 25.3 Å². The summed E-state index contributed by atoms with van der Waals surface area (Å²) < 4.78 is 76.9. The molecule has 0 amide bonds. The predicted molar refractivity (Wildman–Crippen MR) is 88.9 cm³/mol. The van der Waals surface area contributed by atoms with Crippen LogP contribution in [0.4, 0.5) is 13.2 Å². The Morgan fingerprint density at radius 3 is 2.31 bits per heavy atom. The molecule has 2 aromatic carbocycles. The number of methoxy groups -OCH3 is 1. The number of hydrogen-bond acceptors (Lipinski definition) is 4. The lowest BCUT2D eigenvalue weighted by atomic mass is 10.3. The lowest BCUT2D eigenvalue weighted by Gasteiger charge is -2.22. The van der Waals surface area contributed by atoms with Crippen LogP contribution in [0.5, 0.6) is 5.75 Å². The van der Waals surface area contributed by atoms with Gasteiger partial charge in [0, 0.05) is 26.3 Å². The zero-order valence-electron chi connectivity index (χ0n) is 14.0. The summed E-state index contributed by atoms with van der Waals surface area (Å²) in [5.41, 5.74) is 0. The molecule has 2 aromatic rings. The Labute approximate surface area is 150 Å². The molecule has 142 valence electrons. The largest absolute Gasteiger partial charge is 0.489 e. The molecule has 0 N–H and O–H groups in total. The van der Waals surface area contributed by atoms with Gasteiger partial charge in [-0.1, -0.05) is 12.1 Å². The smallest absolute Gasteiger partial charge is 0.246 e. The molecular weight excluding hydrogens is 371 g/mol. The molecule has 0 spiro atoms. The third-order valence-corrected chi connectivity index (χ3v) is 5.42. The Balaban J connectivity index is 2.16. The summed E-state index contributed by atoms with van der Waals surface area (Å²) >= 11 is 0. The first-order valence-corrected chi connectivity index (χ1v) is 9.11. The Bertz CT molecular complexity index is 846. The van der Waals surface area contributed by atoms with Crippen molar-refractivity contribution in [2.75, 3.05) is 33.4 Å². The summed E-state index contributed by atoms with van der Waals surface area (Å²) in [6.07, 6.45) is 0. The van der Waals surface area contributed by atoms with Crippen molar-refractivity contribution < 1.29 is 31.1 Å². The van der Waals surface area contributed by atoms with Crippen LogP contribution in [0, 0.1) is 17.5 Å². The third kappa shape index (κ3) is 4.96. The maximum absolute atomic E-state index is 13.9. The van der Waals surface area contributed by atoms with Gasteiger partial charge in [0.1, 0.15) is 23.1 Å². The number of hydrogen-bond donors (Lipinski definition) is 0. The fraction of sp³-hybridized carbons (Fsp3) is 0.294. The second kappa shape index (κ2) is 9.02. The van der Waals surface area contributed by atoms with Crippen LogP contribution in [0.1, 0.15) is 0 Å². The number of para-hydroxylation sites is 1. The second-order valence-electron chi connectivity index (χ2n) is 5.25. The number of rotatable bonds is 9. The van der Waals surface area contributed by atoms with Gasteiger partial charge >= 0.3 is 0 Å². The standard InChI is InChI=1S/C17H18F3NO4S/c1-24-10-8-21(9-11-25-16-5-3-2-4-14(16)19)26(22,23)17-7-6-13(18)12-15(17)20/h2-7,12H,8-11H2,1H3. The zero-order valence-corrected chi connectivity index (χ0v) is 14.8. The average molecular weight is 389 g/mol. The van der Waals surface area contributed by atoms with Crippen LogP contribution in [-0.4, -0.2) is 46.1 Å². The van der Waals surface area contributed by atoms with E-state index in [9.17, 15) is 21.6 Å². The third-order valence-electron chi connectivity index (χ3n) is 3.49. The topological polar surface area (TPSA) is 55.8 Å². The molecule has 9 heteroatoms. The van der Waals surface area contributed by atoms with Crippen LogP contribution in [0.25, 0.3) is 0 Å². The average Bonchev–Trinajstić information content (AvgIpc) is 2.58. The zero-order chi connectivity index (χ0) is 19.2. The molecule has 0 aliphatic heterocycles. The van der Waals surface area contributed by atoms with Crippen LogP contribution in [-0.2, 0) is 14.8 Å². The van der Waals surface area contributed by atoms with Gasteiger partial charge in [-0.2, -0.15) is 4.31 Å². The van der Waals surface area contributed by atoms with E-state index in [4.69, 9.17) is 9.47 Å². The van der Waals surface area contributed by atoms with Gasteiger partial charge in [0.05, 0.1) is 6.61 Å². The first-order valence-electron chi connectivity index (χ1n) is 7.67. The molecule has 0 heterocycles.